The summed E-state index contributed by atoms with van der Waals surface area (Å²) >= 11 is 0. The average molecular weight is 249 g/mol. The van der Waals surface area contributed by atoms with Crippen LogP contribution in [0, 0.1) is 18.3 Å². The zero-order valence-corrected chi connectivity index (χ0v) is 11.0. The number of piperidine rings is 1. The summed E-state index contributed by atoms with van der Waals surface area (Å²) in [6.45, 7) is 4.06. The second-order valence-corrected chi connectivity index (χ2v) is 5.32. The molecule has 0 saturated carbocycles. The van der Waals surface area contributed by atoms with Crippen LogP contribution in [0.1, 0.15) is 25.7 Å². The van der Waals surface area contributed by atoms with Crippen LogP contribution in [0.2, 0.25) is 0 Å². The molecule has 2 N–H and O–H groups in total. The molecule has 100 valence electrons. The fourth-order valence-corrected chi connectivity index (χ4v) is 3.09. The molecule has 0 aromatic heterocycles. The third-order valence-electron chi connectivity index (χ3n) is 3.96. The molecule has 0 radical (unpaired) electrons. The van der Waals surface area contributed by atoms with Gasteiger partial charge in [0, 0.05) is 12.6 Å². The highest BCUT2D eigenvalue weighted by molar-refractivity contribution is 5.78. The second-order valence-electron chi connectivity index (χ2n) is 5.32. The molecule has 2 atom stereocenters. The quantitative estimate of drug-likeness (QED) is 0.700. The standard InChI is InChI=1S/C14H23N3O/c1-2-7-16-14(18)11-17-9-4-5-12(10-17)13-6-3-8-15-13/h1,12-13,15H,3-11H2,(H,16,18). The molecule has 4 heteroatoms. The highest BCUT2D eigenvalue weighted by atomic mass is 16.2. The molecule has 0 aliphatic carbocycles. The number of likely N-dealkylation sites (tertiary alicyclic amines) is 1. The predicted octanol–water partition coefficient (Wildman–Crippen LogP) is 0.200. The predicted molar refractivity (Wildman–Crippen MR) is 72.0 cm³/mol. The zero-order valence-electron chi connectivity index (χ0n) is 11.0. The van der Waals surface area contributed by atoms with Crippen LogP contribution in [0.15, 0.2) is 0 Å². The maximum absolute atomic E-state index is 11.6. The van der Waals surface area contributed by atoms with E-state index in [4.69, 9.17) is 6.42 Å². The first-order chi connectivity index (χ1) is 8.79. The minimum atomic E-state index is 0.0491. The van der Waals surface area contributed by atoms with Gasteiger partial charge in [-0.2, -0.15) is 0 Å². The Balaban J connectivity index is 1.76. The van der Waals surface area contributed by atoms with Crippen molar-refractivity contribution in [2.24, 2.45) is 5.92 Å². The Bertz CT molecular complexity index is 317. The van der Waals surface area contributed by atoms with Crippen LogP contribution in [0.5, 0.6) is 0 Å². The normalized spacial score (nSPS) is 28.8. The third kappa shape index (κ3) is 3.72. The molecule has 0 aromatic rings. The van der Waals surface area contributed by atoms with Crippen molar-refractivity contribution < 1.29 is 4.79 Å². The van der Waals surface area contributed by atoms with Gasteiger partial charge in [0.1, 0.15) is 0 Å². The smallest absolute Gasteiger partial charge is 0.234 e. The number of nitrogens with one attached hydrogen (secondary N) is 2. The lowest BCUT2D eigenvalue weighted by Gasteiger charge is -2.35. The Morgan fingerprint density at radius 1 is 1.44 bits per heavy atom. The maximum Gasteiger partial charge on any atom is 0.234 e. The van der Waals surface area contributed by atoms with Crippen molar-refractivity contribution in [3.63, 3.8) is 0 Å². The Morgan fingerprint density at radius 3 is 3.06 bits per heavy atom. The first kappa shape index (κ1) is 13.4. The summed E-state index contributed by atoms with van der Waals surface area (Å²) in [4.78, 5) is 13.9. The van der Waals surface area contributed by atoms with Crippen molar-refractivity contribution in [2.45, 2.75) is 31.7 Å². The number of terminal acetylenes is 1. The Morgan fingerprint density at radius 2 is 2.33 bits per heavy atom. The molecule has 2 unspecified atom stereocenters. The van der Waals surface area contributed by atoms with Gasteiger partial charge in [0.2, 0.25) is 5.91 Å². The van der Waals surface area contributed by atoms with Gasteiger partial charge in [-0.3, -0.25) is 9.69 Å². The van der Waals surface area contributed by atoms with E-state index in [1.54, 1.807) is 0 Å². The third-order valence-corrected chi connectivity index (χ3v) is 3.96. The van der Waals surface area contributed by atoms with Crippen LogP contribution in [0.25, 0.3) is 0 Å². The molecule has 4 nitrogen and oxygen atoms in total. The molecule has 2 aliphatic rings. The Labute approximate surface area is 109 Å². The summed E-state index contributed by atoms with van der Waals surface area (Å²) < 4.78 is 0. The Kier molecular flexibility index (Phi) is 5.03. The van der Waals surface area contributed by atoms with Crippen LogP contribution in [0.4, 0.5) is 0 Å². The van der Waals surface area contributed by atoms with E-state index in [0.29, 0.717) is 25.0 Å². The van der Waals surface area contributed by atoms with Crippen molar-refractivity contribution in [1.29, 1.82) is 0 Å². The summed E-state index contributed by atoms with van der Waals surface area (Å²) in [5.41, 5.74) is 0. The first-order valence-corrected chi connectivity index (χ1v) is 6.95. The molecule has 0 bridgehead atoms. The van der Waals surface area contributed by atoms with Crippen molar-refractivity contribution in [1.82, 2.24) is 15.5 Å². The van der Waals surface area contributed by atoms with E-state index in [9.17, 15) is 4.79 Å². The van der Waals surface area contributed by atoms with Crippen molar-refractivity contribution in [2.75, 3.05) is 32.7 Å². The summed E-state index contributed by atoms with van der Waals surface area (Å²) in [5.74, 6) is 3.19. The van der Waals surface area contributed by atoms with E-state index >= 15 is 0 Å². The summed E-state index contributed by atoms with van der Waals surface area (Å²) in [7, 11) is 0. The fraction of sp³-hybridized carbons (Fsp3) is 0.786. The lowest BCUT2D eigenvalue weighted by molar-refractivity contribution is -0.122. The number of hydrogen-bond donors (Lipinski definition) is 2. The van der Waals surface area contributed by atoms with Gasteiger partial charge in [-0.1, -0.05) is 5.92 Å². The minimum absolute atomic E-state index is 0.0491. The summed E-state index contributed by atoms with van der Waals surface area (Å²) in [6, 6.07) is 0.668. The molecule has 2 rings (SSSR count). The zero-order chi connectivity index (χ0) is 12.8. The van der Waals surface area contributed by atoms with Crippen molar-refractivity contribution in [3.8, 4) is 12.3 Å². The largest absolute Gasteiger partial charge is 0.344 e. The van der Waals surface area contributed by atoms with Crippen LogP contribution in [-0.2, 0) is 4.79 Å². The van der Waals surface area contributed by atoms with Crippen LogP contribution in [0.3, 0.4) is 0 Å². The molecular formula is C14H23N3O. The van der Waals surface area contributed by atoms with Gasteiger partial charge in [-0.05, 0) is 44.7 Å². The summed E-state index contributed by atoms with van der Waals surface area (Å²) in [5, 5.41) is 6.31. The average Bonchev–Trinajstić information content (AvgIpc) is 2.90. The number of hydrogen-bond acceptors (Lipinski definition) is 3. The first-order valence-electron chi connectivity index (χ1n) is 6.95. The highest BCUT2D eigenvalue weighted by Gasteiger charge is 2.29. The van der Waals surface area contributed by atoms with E-state index in [1.165, 1.54) is 25.7 Å². The monoisotopic (exact) mass is 249 g/mol. The molecule has 1 amide bonds. The molecule has 2 fully saturated rings. The van der Waals surface area contributed by atoms with Crippen LogP contribution in [-0.4, -0.2) is 49.6 Å². The molecule has 0 aromatic carbocycles. The SMILES string of the molecule is C#CCNC(=O)CN1CCCC(C2CCCN2)C1. The van der Waals surface area contributed by atoms with Gasteiger partial charge in [0.05, 0.1) is 13.1 Å². The van der Waals surface area contributed by atoms with Gasteiger partial charge in [-0.15, -0.1) is 6.42 Å². The van der Waals surface area contributed by atoms with Crippen molar-refractivity contribution in [3.05, 3.63) is 0 Å². The van der Waals surface area contributed by atoms with Crippen molar-refractivity contribution >= 4 is 5.91 Å². The topological polar surface area (TPSA) is 44.4 Å². The van der Waals surface area contributed by atoms with Gasteiger partial charge in [0.15, 0.2) is 0 Å². The van der Waals surface area contributed by atoms with Gasteiger partial charge in [-0.25, -0.2) is 0 Å². The van der Waals surface area contributed by atoms with E-state index < -0.39 is 0 Å². The fourth-order valence-electron chi connectivity index (χ4n) is 3.09. The highest BCUT2D eigenvalue weighted by Crippen LogP contribution is 2.24. The van der Waals surface area contributed by atoms with Gasteiger partial charge in [0.25, 0.3) is 0 Å². The van der Waals surface area contributed by atoms with E-state index in [0.717, 1.165) is 19.6 Å². The number of rotatable bonds is 4. The lowest BCUT2D eigenvalue weighted by Crippen LogP contribution is -2.46. The Hall–Kier alpha value is -1.05. The van der Waals surface area contributed by atoms with Crippen LogP contribution < -0.4 is 10.6 Å². The number of carbonyl (C=O) groups is 1. The molecule has 2 saturated heterocycles. The molecular weight excluding hydrogens is 226 g/mol. The summed E-state index contributed by atoms with van der Waals surface area (Å²) in [6.07, 6.45) is 10.2. The number of carbonyl (C=O) groups excluding carboxylic acids is 1. The van der Waals surface area contributed by atoms with E-state index in [1.807, 2.05) is 0 Å². The maximum atomic E-state index is 11.6. The van der Waals surface area contributed by atoms with E-state index in [-0.39, 0.29) is 5.91 Å². The van der Waals surface area contributed by atoms with Gasteiger partial charge >= 0.3 is 0 Å². The van der Waals surface area contributed by atoms with E-state index in [2.05, 4.69) is 21.5 Å². The molecule has 2 aliphatic heterocycles. The second kappa shape index (κ2) is 6.77. The number of amides is 1. The molecule has 0 spiro atoms. The van der Waals surface area contributed by atoms with Crippen LogP contribution >= 0.6 is 0 Å². The molecule has 18 heavy (non-hydrogen) atoms. The molecule has 2 heterocycles. The lowest BCUT2D eigenvalue weighted by atomic mass is 9.90. The van der Waals surface area contributed by atoms with Gasteiger partial charge < -0.3 is 10.6 Å². The number of nitrogens with zero attached hydrogens (tertiary/aromatic N) is 1. The minimum Gasteiger partial charge on any atom is -0.344 e.